The molecule has 0 fully saturated rings. The summed E-state index contributed by atoms with van der Waals surface area (Å²) in [5, 5.41) is 0.509. The molecule has 82 valence electrons. The molecule has 0 radical (unpaired) electrons. The number of aromatic nitrogens is 1. The Balaban J connectivity index is 2.16. The maximum absolute atomic E-state index is 5.72. The molecule has 1 heterocycles. The van der Waals surface area contributed by atoms with Gasteiger partial charge in [-0.25, -0.2) is 4.98 Å². The zero-order valence-electron chi connectivity index (χ0n) is 8.68. The highest BCUT2D eigenvalue weighted by Crippen LogP contribution is 2.29. The molecule has 0 aliphatic rings. The monoisotopic (exact) mass is 251 g/mol. The van der Waals surface area contributed by atoms with Crippen LogP contribution in [0.2, 0.25) is 5.15 Å². The summed E-state index contributed by atoms with van der Waals surface area (Å²) < 4.78 is 5.16. The number of hydrogen-bond donors (Lipinski definition) is 0. The Morgan fingerprint density at radius 1 is 1.19 bits per heavy atom. The maximum atomic E-state index is 5.72. The zero-order valence-corrected chi connectivity index (χ0v) is 10.3. The normalized spacial score (nSPS) is 10.1. The highest BCUT2D eigenvalue weighted by molar-refractivity contribution is 7.99. The fourth-order valence-electron chi connectivity index (χ4n) is 1.22. The lowest BCUT2D eigenvalue weighted by molar-refractivity contribution is 0.413. The lowest BCUT2D eigenvalue weighted by Crippen LogP contribution is -1.82. The van der Waals surface area contributed by atoms with E-state index >= 15 is 0 Å². The van der Waals surface area contributed by atoms with Crippen LogP contribution in [0.4, 0.5) is 0 Å². The van der Waals surface area contributed by atoms with Crippen molar-refractivity contribution in [2.24, 2.45) is 0 Å². The Hall–Kier alpha value is -1.19. The molecule has 0 unspecified atom stereocenters. The molecule has 2 nitrogen and oxygen atoms in total. The van der Waals surface area contributed by atoms with Gasteiger partial charge in [-0.2, -0.15) is 0 Å². The van der Waals surface area contributed by atoms with Crippen LogP contribution in [0.25, 0.3) is 0 Å². The van der Waals surface area contributed by atoms with Crippen LogP contribution in [0.1, 0.15) is 0 Å². The van der Waals surface area contributed by atoms with Gasteiger partial charge in [-0.15, -0.1) is 0 Å². The first-order valence-electron chi connectivity index (χ1n) is 4.71. The number of benzene rings is 1. The number of rotatable bonds is 3. The van der Waals surface area contributed by atoms with Crippen LogP contribution < -0.4 is 4.74 Å². The summed E-state index contributed by atoms with van der Waals surface area (Å²) >= 11 is 7.35. The first-order chi connectivity index (χ1) is 7.78. The van der Waals surface area contributed by atoms with Gasteiger partial charge in [0, 0.05) is 16.0 Å². The van der Waals surface area contributed by atoms with Crippen molar-refractivity contribution in [3.05, 3.63) is 47.7 Å². The van der Waals surface area contributed by atoms with Crippen LogP contribution in [-0.4, -0.2) is 12.1 Å². The molecular weight excluding hydrogens is 242 g/mol. The van der Waals surface area contributed by atoms with Crippen molar-refractivity contribution in [3.8, 4) is 5.75 Å². The number of methoxy groups -OCH3 is 1. The van der Waals surface area contributed by atoms with Crippen LogP contribution in [0.5, 0.6) is 5.75 Å². The van der Waals surface area contributed by atoms with E-state index in [0.29, 0.717) is 5.15 Å². The number of nitrogens with zero attached hydrogens (tertiary/aromatic N) is 1. The van der Waals surface area contributed by atoms with Crippen LogP contribution in [-0.2, 0) is 0 Å². The summed E-state index contributed by atoms with van der Waals surface area (Å²) in [7, 11) is 1.66. The van der Waals surface area contributed by atoms with E-state index in [9.17, 15) is 0 Å². The standard InChI is InChI=1S/C12H10ClNOS/c1-15-9-3-2-4-10(7-9)16-11-5-6-12(13)14-8-11/h2-8H,1H3. The highest BCUT2D eigenvalue weighted by atomic mass is 35.5. The molecule has 0 N–H and O–H groups in total. The number of ether oxygens (including phenoxy) is 1. The van der Waals surface area contributed by atoms with Gasteiger partial charge in [0.25, 0.3) is 0 Å². The predicted octanol–water partition coefficient (Wildman–Crippen LogP) is 3.89. The van der Waals surface area contributed by atoms with E-state index in [-0.39, 0.29) is 0 Å². The van der Waals surface area contributed by atoms with Crippen molar-refractivity contribution in [1.82, 2.24) is 4.98 Å². The first kappa shape index (κ1) is 11.3. The van der Waals surface area contributed by atoms with Gasteiger partial charge < -0.3 is 4.74 Å². The molecule has 0 atom stereocenters. The molecule has 0 saturated heterocycles. The third-order valence-electron chi connectivity index (χ3n) is 1.98. The van der Waals surface area contributed by atoms with Gasteiger partial charge >= 0.3 is 0 Å². The van der Waals surface area contributed by atoms with Crippen molar-refractivity contribution in [2.75, 3.05) is 7.11 Å². The van der Waals surface area contributed by atoms with Gasteiger partial charge in [0.1, 0.15) is 10.9 Å². The van der Waals surface area contributed by atoms with Gasteiger partial charge in [0.05, 0.1) is 7.11 Å². The van der Waals surface area contributed by atoms with Gasteiger partial charge in [-0.05, 0) is 30.3 Å². The summed E-state index contributed by atoms with van der Waals surface area (Å²) in [6.45, 7) is 0. The second-order valence-corrected chi connectivity index (χ2v) is 4.63. The molecule has 0 bridgehead atoms. The van der Waals surface area contributed by atoms with Crippen molar-refractivity contribution in [2.45, 2.75) is 9.79 Å². The van der Waals surface area contributed by atoms with Crippen LogP contribution >= 0.6 is 23.4 Å². The van der Waals surface area contributed by atoms with E-state index in [1.165, 1.54) is 0 Å². The van der Waals surface area contributed by atoms with Crippen molar-refractivity contribution >= 4 is 23.4 Å². The third-order valence-corrected chi connectivity index (χ3v) is 3.17. The van der Waals surface area contributed by atoms with Gasteiger partial charge in [0.15, 0.2) is 0 Å². The SMILES string of the molecule is COc1cccc(Sc2ccc(Cl)nc2)c1. The molecule has 0 saturated carbocycles. The smallest absolute Gasteiger partial charge is 0.129 e. The van der Waals surface area contributed by atoms with Crippen LogP contribution in [0.15, 0.2) is 52.4 Å². The Morgan fingerprint density at radius 3 is 2.75 bits per heavy atom. The summed E-state index contributed by atoms with van der Waals surface area (Å²) in [4.78, 5) is 6.20. The minimum absolute atomic E-state index is 0.509. The van der Waals surface area contributed by atoms with Crippen LogP contribution in [0, 0.1) is 0 Å². The lowest BCUT2D eigenvalue weighted by Gasteiger charge is -2.03. The number of halogens is 1. The molecule has 0 amide bonds. The van der Waals surface area contributed by atoms with E-state index in [2.05, 4.69) is 4.98 Å². The molecule has 16 heavy (non-hydrogen) atoms. The molecule has 1 aromatic heterocycles. The average Bonchev–Trinajstić information content (AvgIpc) is 2.32. The van der Waals surface area contributed by atoms with E-state index < -0.39 is 0 Å². The Morgan fingerprint density at radius 2 is 2.06 bits per heavy atom. The van der Waals surface area contributed by atoms with E-state index in [1.54, 1.807) is 31.1 Å². The predicted molar refractivity (Wildman–Crippen MR) is 66.4 cm³/mol. The zero-order chi connectivity index (χ0) is 11.4. The van der Waals surface area contributed by atoms with Gasteiger partial charge in [-0.3, -0.25) is 0 Å². The quantitative estimate of drug-likeness (QED) is 0.773. The van der Waals surface area contributed by atoms with E-state index in [1.807, 2.05) is 30.3 Å². The second-order valence-electron chi connectivity index (χ2n) is 3.10. The largest absolute Gasteiger partial charge is 0.497 e. The van der Waals surface area contributed by atoms with E-state index in [4.69, 9.17) is 16.3 Å². The molecule has 2 rings (SSSR count). The molecule has 1 aromatic carbocycles. The van der Waals surface area contributed by atoms with E-state index in [0.717, 1.165) is 15.5 Å². The lowest BCUT2D eigenvalue weighted by atomic mass is 10.3. The fraction of sp³-hybridized carbons (Fsp3) is 0.0833. The van der Waals surface area contributed by atoms with Crippen molar-refractivity contribution in [3.63, 3.8) is 0 Å². The average molecular weight is 252 g/mol. The second kappa shape index (κ2) is 5.23. The Bertz CT molecular complexity index is 473. The Kier molecular flexibility index (Phi) is 3.70. The maximum Gasteiger partial charge on any atom is 0.129 e. The summed E-state index contributed by atoms with van der Waals surface area (Å²) in [5.41, 5.74) is 0. The van der Waals surface area contributed by atoms with Gasteiger partial charge in [-0.1, -0.05) is 29.4 Å². The summed E-state index contributed by atoms with van der Waals surface area (Å²) in [6.07, 6.45) is 1.76. The molecule has 2 aromatic rings. The molecular formula is C12H10ClNOS. The molecule has 0 spiro atoms. The summed E-state index contributed by atoms with van der Waals surface area (Å²) in [6, 6.07) is 11.6. The van der Waals surface area contributed by atoms with Crippen molar-refractivity contribution < 1.29 is 4.74 Å². The summed E-state index contributed by atoms with van der Waals surface area (Å²) in [5.74, 6) is 0.854. The van der Waals surface area contributed by atoms with Gasteiger partial charge in [0.2, 0.25) is 0 Å². The molecule has 0 aliphatic heterocycles. The fourth-order valence-corrected chi connectivity index (χ4v) is 2.17. The minimum atomic E-state index is 0.509. The number of hydrogen-bond acceptors (Lipinski definition) is 3. The minimum Gasteiger partial charge on any atom is -0.497 e. The first-order valence-corrected chi connectivity index (χ1v) is 5.91. The Labute approximate surface area is 104 Å². The van der Waals surface area contributed by atoms with Crippen LogP contribution in [0.3, 0.4) is 0 Å². The molecule has 4 heteroatoms. The number of pyridine rings is 1. The highest BCUT2D eigenvalue weighted by Gasteiger charge is 1.99. The third kappa shape index (κ3) is 2.90. The van der Waals surface area contributed by atoms with Crippen molar-refractivity contribution in [1.29, 1.82) is 0 Å². The topological polar surface area (TPSA) is 22.1 Å². The molecule has 0 aliphatic carbocycles.